The number of methoxy groups -OCH3 is 1. The van der Waals surface area contributed by atoms with Gasteiger partial charge < -0.3 is 54.3 Å². The van der Waals surface area contributed by atoms with Crippen LogP contribution in [0.5, 0.6) is 0 Å². The van der Waals surface area contributed by atoms with Gasteiger partial charge in [0.1, 0.15) is 36.9 Å². The van der Waals surface area contributed by atoms with Crippen LogP contribution in [0.2, 0.25) is 0 Å². The summed E-state index contributed by atoms with van der Waals surface area (Å²) >= 11 is 0. The van der Waals surface area contributed by atoms with Crippen molar-refractivity contribution in [1.29, 1.82) is 0 Å². The molecule has 12 atom stereocenters. The minimum atomic E-state index is -1.02. The number of rotatable bonds is 20. The van der Waals surface area contributed by atoms with Crippen molar-refractivity contribution in [3.05, 3.63) is 125 Å². The summed E-state index contributed by atoms with van der Waals surface area (Å²) in [5.74, 6) is -1.87. The Balaban J connectivity index is 0.885. The van der Waals surface area contributed by atoms with Crippen LogP contribution in [-0.2, 0) is 44.6 Å². The van der Waals surface area contributed by atoms with E-state index in [1.165, 1.54) is 0 Å². The molecule has 3 aromatic rings. The third kappa shape index (κ3) is 16.5. The highest BCUT2D eigenvalue weighted by atomic mass is 16.6. The Kier molecular flexibility index (Phi) is 21.8. The number of hydrogen-bond acceptors (Lipinski definition) is 12. The Bertz CT molecular complexity index is 2730. The smallest absolute Gasteiger partial charge is 0.410 e. The monoisotopic (exact) mass is 1130 g/mol. The second-order valence-corrected chi connectivity index (χ2v) is 24.2. The average Bonchev–Trinajstić information content (AvgIpc) is 4.36. The second kappa shape index (κ2) is 28.3. The summed E-state index contributed by atoms with van der Waals surface area (Å²) in [5.41, 5.74) is 5.79. The molecule has 17 heteroatoms. The molecule has 7 rings (SSSR count). The molecule has 2 fully saturated rings. The first-order valence-electron chi connectivity index (χ1n) is 29.4. The van der Waals surface area contributed by atoms with Gasteiger partial charge in [-0.15, -0.1) is 0 Å². The number of ether oxygens (including phenoxy) is 5. The molecule has 82 heavy (non-hydrogen) atoms. The van der Waals surface area contributed by atoms with Crippen molar-refractivity contribution in [3.8, 4) is 11.1 Å². The minimum absolute atomic E-state index is 0.0680. The maximum absolute atomic E-state index is 14.1. The van der Waals surface area contributed by atoms with E-state index in [1.807, 2.05) is 133 Å². The Morgan fingerprint density at radius 2 is 1.56 bits per heavy atom. The first kappa shape index (κ1) is 63.2. The van der Waals surface area contributed by atoms with Gasteiger partial charge in [0, 0.05) is 36.1 Å². The predicted octanol–water partition coefficient (Wildman–Crippen LogP) is 9.22. The van der Waals surface area contributed by atoms with Crippen molar-refractivity contribution in [2.24, 2.45) is 23.7 Å². The summed E-state index contributed by atoms with van der Waals surface area (Å²) in [4.78, 5) is 69.0. The second-order valence-electron chi connectivity index (χ2n) is 24.2. The third-order valence-electron chi connectivity index (χ3n) is 17.2. The molecule has 5 unspecified atom stereocenters. The Morgan fingerprint density at radius 3 is 2.18 bits per heavy atom. The molecule has 0 saturated carbocycles. The average molecular weight is 1130 g/mol. The SMILES string of the molecule is CCC(O)C(C)[C@H]1O[C@@H]1CC(C)/C=C/C=C(\C)[C@H]1OC(=O)C[C@H](O)CC[C@@](C)(OC)[C@@H](OC(=O)N2CC[N+](C)(Cc3ccc(NC(=O)C(C)NC(=O)C(NC(=O)OCC4c5ccccc5-c5ccccc54)C(C)C)cc3)CC2)/C=C/[C@@H]1C. The number of nitrogens with one attached hydrogen (secondary N) is 3. The van der Waals surface area contributed by atoms with Crippen molar-refractivity contribution in [1.82, 2.24) is 15.5 Å². The van der Waals surface area contributed by atoms with Gasteiger partial charge in [0.05, 0.1) is 64.1 Å². The molecule has 17 nitrogen and oxygen atoms in total. The van der Waals surface area contributed by atoms with Crippen LogP contribution < -0.4 is 16.0 Å². The van der Waals surface area contributed by atoms with Crippen molar-refractivity contribution < 1.29 is 62.4 Å². The number of hydrogen-bond donors (Lipinski definition) is 5. The molecular formula is C65H90N5O12+. The van der Waals surface area contributed by atoms with Gasteiger partial charge in [0.15, 0.2) is 6.10 Å². The van der Waals surface area contributed by atoms with Gasteiger partial charge in [-0.25, -0.2) is 9.59 Å². The molecule has 3 aromatic carbocycles. The van der Waals surface area contributed by atoms with Gasteiger partial charge in [-0.1, -0.05) is 127 Å². The van der Waals surface area contributed by atoms with Crippen molar-refractivity contribution in [3.63, 3.8) is 0 Å². The molecule has 0 radical (unpaired) electrons. The van der Waals surface area contributed by atoms with Crippen LogP contribution in [0.15, 0.2) is 109 Å². The van der Waals surface area contributed by atoms with E-state index in [9.17, 15) is 34.2 Å². The van der Waals surface area contributed by atoms with E-state index < -0.39 is 66.0 Å². The number of epoxide rings is 1. The molecule has 0 spiro atoms. The van der Waals surface area contributed by atoms with E-state index in [0.717, 1.165) is 39.8 Å². The van der Waals surface area contributed by atoms with Gasteiger partial charge in [-0.05, 0) is 104 Å². The fraction of sp³-hybridized carbons (Fsp3) is 0.554. The number of benzene rings is 3. The standard InChI is InChI=1S/C65H89N5O12/c1-12-54(72)44(7)60-55(80-60)36-41(4)18-17-19-42(5)59-43(6)24-29-56(65(9,78-11)31-30-48(71)37-57(73)82-59)81-64(77)69-32-34-70(10,35-33-69)38-46-25-27-47(28-26-46)67-61(74)45(8)66-62(75)58(40(2)3)68-63(76)79-39-53-51-22-15-13-20-49(51)50-21-14-16-23-52(50)53/h13-29,40-41,43-45,48,53-56,58-60,71-72H,12,30-39H2,1-11H3,(H2-,66,67,68,74,75,76)/p+1/b18-17+,29-24+,42-19+/t41?,43-,44?,45?,48+,54?,55+,56-,58?,59+,60+,65+/m0/s1. The number of amides is 4. The maximum atomic E-state index is 14.1. The number of aliphatic hydroxyl groups is 2. The number of esters is 1. The highest BCUT2D eigenvalue weighted by Crippen LogP contribution is 2.45. The van der Waals surface area contributed by atoms with E-state index in [0.29, 0.717) is 55.7 Å². The van der Waals surface area contributed by atoms with E-state index >= 15 is 0 Å². The number of quaternary nitrogens is 1. The number of nitrogens with zero attached hydrogens (tertiary/aromatic N) is 2. The number of carbonyl (C=O) groups excluding carboxylic acids is 5. The Hall–Kier alpha value is -6.37. The normalized spacial score (nSPS) is 26.1. The van der Waals surface area contributed by atoms with Gasteiger partial charge in [0.2, 0.25) is 11.8 Å². The predicted molar refractivity (Wildman–Crippen MR) is 315 cm³/mol. The molecule has 5 N–H and O–H groups in total. The van der Waals surface area contributed by atoms with Crippen LogP contribution in [0.25, 0.3) is 11.1 Å². The summed E-state index contributed by atoms with van der Waals surface area (Å²) in [5, 5.41) is 29.7. The zero-order chi connectivity index (χ0) is 59.5. The largest absolute Gasteiger partial charge is 0.457 e. The fourth-order valence-corrected chi connectivity index (χ4v) is 11.5. The van der Waals surface area contributed by atoms with Crippen LogP contribution in [0, 0.1) is 23.7 Å². The molecule has 1 aliphatic carbocycles. The summed E-state index contributed by atoms with van der Waals surface area (Å²) in [6, 6.07) is 21.8. The number of allylic oxidation sites excluding steroid dienone is 3. The summed E-state index contributed by atoms with van der Waals surface area (Å²) in [6.45, 7) is 20.1. The molecule has 4 aliphatic rings. The Morgan fingerprint density at radius 1 is 0.915 bits per heavy atom. The van der Waals surface area contributed by atoms with Crippen LogP contribution in [-0.4, -0.2) is 151 Å². The number of carbonyl (C=O) groups is 5. The quantitative estimate of drug-likeness (QED) is 0.0179. The molecule has 2 saturated heterocycles. The highest BCUT2D eigenvalue weighted by Gasteiger charge is 2.45. The number of aliphatic hydroxyl groups excluding tert-OH is 2. The van der Waals surface area contributed by atoms with E-state index in [-0.39, 0.29) is 67.3 Å². The molecule has 446 valence electrons. The van der Waals surface area contributed by atoms with Gasteiger partial charge in [-0.3, -0.25) is 19.3 Å². The number of cyclic esters (lactones) is 1. The van der Waals surface area contributed by atoms with Gasteiger partial charge in [0.25, 0.3) is 0 Å². The molecular weight excluding hydrogens is 1040 g/mol. The van der Waals surface area contributed by atoms with E-state index in [1.54, 1.807) is 18.9 Å². The molecule has 3 heterocycles. The van der Waals surface area contributed by atoms with Crippen molar-refractivity contribution in [2.75, 3.05) is 52.3 Å². The van der Waals surface area contributed by atoms with E-state index in [2.05, 4.69) is 48.1 Å². The third-order valence-corrected chi connectivity index (χ3v) is 17.2. The number of fused-ring (bicyclic) bond motifs is 3. The zero-order valence-electron chi connectivity index (χ0n) is 50.0. The highest BCUT2D eigenvalue weighted by molar-refractivity contribution is 5.98. The van der Waals surface area contributed by atoms with Crippen molar-refractivity contribution in [2.45, 2.75) is 161 Å². The number of piperazine rings is 1. The molecule has 0 aromatic heterocycles. The summed E-state index contributed by atoms with van der Waals surface area (Å²) < 4.78 is 30.7. The molecule has 3 aliphatic heterocycles. The maximum Gasteiger partial charge on any atom is 0.410 e. The number of likely N-dealkylation sites (N-methyl/N-ethyl adjacent to an activating group) is 1. The lowest BCUT2D eigenvalue weighted by molar-refractivity contribution is -0.926. The lowest BCUT2D eigenvalue weighted by Gasteiger charge is -2.42. The first-order valence-corrected chi connectivity index (χ1v) is 29.4. The van der Waals surface area contributed by atoms with E-state index in [4.69, 9.17) is 23.7 Å². The van der Waals surface area contributed by atoms with Gasteiger partial charge in [-0.2, -0.15) is 0 Å². The Labute approximate surface area is 485 Å². The summed E-state index contributed by atoms with van der Waals surface area (Å²) in [7, 11) is 3.71. The topological polar surface area (TPSA) is 215 Å². The molecule has 4 amide bonds. The van der Waals surface area contributed by atoms with Crippen LogP contribution in [0.3, 0.4) is 0 Å². The number of anilines is 1. The van der Waals surface area contributed by atoms with Crippen LogP contribution in [0.1, 0.15) is 117 Å². The zero-order valence-corrected chi connectivity index (χ0v) is 50.0. The lowest BCUT2D eigenvalue weighted by atomic mass is 9.88. The first-order chi connectivity index (χ1) is 39.0. The van der Waals surface area contributed by atoms with Crippen LogP contribution in [0.4, 0.5) is 15.3 Å². The fourth-order valence-electron chi connectivity index (χ4n) is 11.5. The molecule has 0 bridgehead atoms. The summed E-state index contributed by atoms with van der Waals surface area (Å²) in [6.07, 6.45) is 7.75. The lowest BCUT2D eigenvalue weighted by Crippen LogP contribution is -2.58. The minimum Gasteiger partial charge on any atom is -0.457 e. The van der Waals surface area contributed by atoms with Crippen LogP contribution >= 0.6 is 0 Å². The van der Waals surface area contributed by atoms with Crippen molar-refractivity contribution >= 4 is 35.7 Å². The number of alkyl carbamates (subject to hydrolysis) is 1. The van der Waals surface area contributed by atoms with Gasteiger partial charge >= 0.3 is 18.2 Å².